The Kier molecular flexibility index (Phi) is 5.36. The van der Waals surface area contributed by atoms with E-state index >= 15 is 0 Å². The summed E-state index contributed by atoms with van der Waals surface area (Å²) in [5.41, 5.74) is 7.01. The largest absolute Gasteiger partial charge is 0.497 e. The number of hydrogen-bond acceptors (Lipinski definition) is 4. The molecule has 5 heteroatoms. The smallest absolute Gasteiger partial charge is 0.127 e. The third-order valence-corrected chi connectivity index (χ3v) is 4.64. The average molecular weight is 305 g/mol. The SMILES string of the molecule is COc1ccc(C(N)CS(=O)c2ccccc2)c(OC)c1. The van der Waals surface area contributed by atoms with Crippen molar-refractivity contribution in [2.45, 2.75) is 10.9 Å². The van der Waals surface area contributed by atoms with E-state index in [1.54, 1.807) is 20.3 Å². The summed E-state index contributed by atoms with van der Waals surface area (Å²) in [5.74, 6) is 1.69. The zero-order valence-electron chi connectivity index (χ0n) is 12.1. The highest BCUT2D eigenvalue weighted by Gasteiger charge is 2.16. The number of methoxy groups -OCH3 is 2. The summed E-state index contributed by atoms with van der Waals surface area (Å²) in [6.07, 6.45) is 0. The summed E-state index contributed by atoms with van der Waals surface area (Å²) in [4.78, 5) is 0.778. The van der Waals surface area contributed by atoms with Crippen LogP contribution in [-0.4, -0.2) is 24.2 Å². The van der Waals surface area contributed by atoms with Gasteiger partial charge in [-0.15, -0.1) is 0 Å². The Hall–Kier alpha value is -1.85. The first kappa shape index (κ1) is 15.5. The van der Waals surface area contributed by atoms with Crippen LogP contribution in [0.2, 0.25) is 0 Å². The van der Waals surface area contributed by atoms with Gasteiger partial charge in [0, 0.05) is 28.3 Å². The minimum atomic E-state index is -1.14. The quantitative estimate of drug-likeness (QED) is 0.891. The molecule has 21 heavy (non-hydrogen) atoms. The predicted molar refractivity (Wildman–Crippen MR) is 84.2 cm³/mol. The Morgan fingerprint density at radius 2 is 1.81 bits per heavy atom. The zero-order chi connectivity index (χ0) is 15.2. The van der Waals surface area contributed by atoms with E-state index in [9.17, 15) is 4.21 Å². The Bertz CT molecular complexity index is 616. The van der Waals surface area contributed by atoms with E-state index in [0.717, 1.165) is 10.5 Å². The lowest BCUT2D eigenvalue weighted by Crippen LogP contribution is -2.19. The van der Waals surface area contributed by atoms with E-state index in [0.29, 0.717) is 17.3 Å². The first-order valence-electron chi connectivity index (χ1n) is 6.56. The summed E-state index contributed by atoms with van der Waals surface area (Å²) >= 11 is 0. The van der Waals surface area contributed by atoms with Crippen molar-refractivity contribution in [2.24, 2.45) is 5.73 Å². The molecule has 0 radical (unpaired) electrons. The molecule has 2 atom stereocenters. The molecule has 2 aromatic carbocycles. The molecule has 0 saturated heterocycles. The van der Waals surface area contributed by atoms with Gasteiger partial charge in [0.1, 0.15) is 11.5 Å². The Balaban J connectivity index is 2.17. The van der Waals surface area contributed by atoms with Gasteiger partial charge in [-0.3, -0.25) is 4.21 Å². The zero-order valence-corrected chi connectivity index (χ0v) is 12.9. The van der Waals surface area contributed by atoms with Crippen LogP contribution < -0.4 is 15.2 Å². The van der Waals surface area contributed by atoms with Crippen LogP contribution in [-0.2, 0) is 10.8 Å². The summed E-state index contributed by atoms with van der Waals surface area (Å²) in [6.45, 7) is 0. The highest BCUT2D eigenvalue weighted by atomic mass is 32.2. The van der Waals surface area contributed by atoms with Crippen molar-refractivity contribution in [1.82, 2.24) is 0 Å². The molecule has 0 saturated carbocycles. The molecule has 0 fully saturated rings. The minimum absolute atomic E-state index is 0.340. The van der Waals surface area contributed by atoms with E-state index in [2.05, 4.69) is 0 Å². The van der Waals surface area contributed by atoms with Crippen molar-refractivity contribution in [3.63, 3.8) is 0 Å². The van der Waals surface area contributed by atoms with Gasteiger partial charge in [0.05, 0.1) is 25.0 Å². The van der Waals surface area contributed by atoms with Crippen LogP contribution in [0.1, 0.15) is 11.6 Å². The van der Waals surface area contributed by atoms with E-state index < -0.39 is 10.8 Å². The fourth-order valence-corrected chi connectivity index (χ4v) is 3.20. The van der Waals surface area contributed by atoms with Crippen LogP contribution in [0.5, 0.6) is 11.5 Å². The molecule has 2 rings (SSSR count). The van der Waals surface area contributed by atoms with Crippen LogP contribution >= 0.6 is 0 Å². The lowest BCUT2D eigenvalue weighted by molar-refractivity contribution is 0.389. The van der Waals surface area contributed by atoms with E-state index in [1.807, 2.05) is 42.5 Å². The molecule has 0 aromatic heterocycles. The van der Waals surface area contributed by atoms with Crippen LogP contribution in [0.15, 0.2) is 53.4 Å². The van der Waals surface area contributed by atoms with Gasteiger partial charge in [0.2, 0.25) is 0 Å². The van der Waals surface area contributed by atoms with Gasteiger partial charge >= 0.3 is 0 Å². The van der Waals surface area contributed by atoms with Crippen molar-refractivity contribution in [1.29, 1.82) is 0 Å². The fourth-order valence-electron chi connectivity index (χ4n) is 2.05. The molecule has 0 aliphatic carbocycles. The summed E-state index contributed by atoms with van der Waals surface area (Å²) in [6, 6.07) is 14.4. The standard InChI is InChI=1S/C16H19NO3S/c1-19-12-8-9-14(16(10-12)20-2)15(17)11-21(18)13-6-4-3-5-7-13/h3-10,15H,11,17H2,1-2H3. The van der Waals surface area contributed by atoms with Crippen LogP contribution in [0.4, 0.5) is 0 Å². The predicted octanol–water partition coefficient (Wildman–Crippen LogP) is 2.51. The molecule has 0 heterocycles. The number of benzene rings is 2. The molecule has 2 aromatic rings. The molecular formula is C16H19NO3S. The van der Waals surface area contributed by atoms with Crippen molar-refractivity contribution in [2.75, 3.05) is 20.0 Å². The lowest BCUT2D eigenvalue weighted by Gasteiger charge is -2.16. The lowest BCUT2D eigenvalue weighted by atomic mass is 10.1. The molecule has 4 nitrogen and oxygen atoms in total. The number of hydrogen-bond donors (Lipinski definition) is 1. The molecular weight excluding hydrogens is 286 g/mol. The molecule has 2 unspecified atom stereocenters. The number of rotatable bonds is 6. The minimum Gasteiger partial charge on any atom is -0.497 e. The van der Waals surface area contributed by atoms with Crippen LogP contribution in [0.25, 0.3) is 0 Å². The van der Waals surface area contributed by atoms with E-state index in [4.69, 9.17) is 15.2 Å². The Morgan fingerprint density at radius 3 is 2.43 bits per heavy atom. The maximum atomic E-state index is 12.3. The second kappa shape index (κ2) is 7.24. The normalized spacial score (nSPS) is 13.5. The fraction of sp³-hybridized carbons (Fsp3) is 0.250. The third kappa shape index (κ3) is 3.83. The van der Waals surface area contributed by atoms with Crippen molar-refractivity contribution in [3.05, 3.63) is 54.1 Å². The average Bonchev–Trinajstić information content (AvgIpc) is 2.54. The number of ether oxygens (including phenoxy) is 2. The third-order valence-electron chi connectivity index (χ3n) is 3.18. The molecule has 0 aliphatic rings. The molecule has 112 valence electrons. The summed E-state index contributed by atoms with van der Waals surface area (Å²) < 4.78 is 22.8. The van der Waals surface area contributed by atoms with Gasteiger partial charge in [-0.2, -0.15) is 0 Å². The molecule has 0 spiro atoms. The first-order chi connectivity index (χ1) is 10.2. The summed E-state index contributed by atoms with van der Waals surface area (Å²) in [5, 5.41) is 0. The Morgan fingerprint density at radius 1 is 1.10 bits per heavy atom. The van der Waals surface area contributed by atoms with E-state index in [1.165, 1.54) is 0 Å². The van der Waals surface area contributed by atoms with Gasteiger partial charge < -0.3 is 15.2 Å². The molecule has 0 bridgehead atoms. The Labute approximate surface area is 127 Å². The van der Waals surface area contributed by atoms with Gasteiger partial charge in [0.25, 0.3) is 0 Å². The summed E-state index contributed by atoms with van der Waals surface area (Å²) in [7, 11) is 2.04. The highest BCUT2D eigenvalue weighted by molar-refractivity contribution is 7.85. The molecule has 0 amide bonds. The number of nitrogens with two attached hydrogens (primary N) is 1. The van der Waals surface area contributed by atoms with Gasteiger partial charge in [-0.1, -0.05) is 24.3 Å². The van der Waals surface area contributed by atoms with Gasteiger partial charge in [-0.25, -0.2) is 0 Å². The van der Waals surface area contributed by atoms with E-state index in [-0.39, 0.29) is 6.04 Å². The van der Waals surface area contributed by atoms with Crippen molar-refractivity contribution >= 4 is 10.8 Å². The second-order valence-corrected chi connectivity index (χ2v) is 6.04. The van der Waals surface area contributed by atoms with Crippen molar-refractivity contribution in [3.8, 4) is 11.5 Å². The topological polar surface area (TPSA) is 61.5 Å². The second-order valence-electron chi connectivity index (χ2n) is 4.54. The van der Waals surface area contributed by atoms with Crippen molar-refractivity contribution < 1.29 is 13.7 Å². The van der Waals surface area contributed by atoms with Gasteiger partial charge in [-0.05, 0) is 18.2 Å². The molecule has 0 aliphatic heterocycles. The van der Waals surface area contributed by atoms with Crippen LogP contribution in [0, 0.1) is 0 Å². The van der Waals surface area contributed by atoms with Gasteiger partial charge in [0.15, 0.2) is 0 Å². The maximum Gasteiger partial charge on any atom is 0.127 e. The monoisotopic (exact) mass is 305 g/mol. The van der Waals surface area contributed by atoms with Crippen LogP contribution in [0.3, 0.4) is 0 Å². The highest BCUT2D eigenvalue weighted by Crippen LogP contribution is 2.29. The molecule has 2 N–H and O–H groups in total. The first-order valence-corrected chi connectivity index (χ1v) is 7.88. The maximum absolute atomic E-state index is 12.3.